The molecule has 1 saturated heterocycles. The van der Waals surface area contributed by atoms with Crippen molar-refractivity contribution < 1.29 is 14.1 Å². The molecule has 13 heteroatoms. The van der Waals surface area contributed by atoms with Crippen molar-refractivity contribution in [1.29, 1.82) is 0 Å². The molecule has 42 heavy (non-hydrogen) atoms. The van der Waals surface area contributed by atoms with Crippen molar-refractivity contribution in [3.8, 4) is 0 Å². The Morgan fingerprint density at radius 1 is 1.02 bits per heavy atom. The summed E-state index contributed by atoms with van der Waals surface area (Å²) in [5, 5.41) is 13.2. The van der Waals surface area contributed by atoms with E-state index in [1.807, 2.05) is 38.1 Å². The van der Waals surface area contributed by atoms with Gasteiger partial charge in [-0.2, -0.15) is 0 Å². The summed E-state index contributed by atoms with van der Waals surface area (Å²) in [6.07, 6.45) is 1.67. The number of hydrogen-bond donors (Lipinski definition) is 0. The van der Waals surface area contributed by atoms with Gasteiger partial charge in [-0.3, -0.25) is 19.8 Å². The van der Waals surface area contributed by atoms with E-state index < -0.39 is 4.92 Å². The number of carbonyl (C=O) groups is 1. The molecule has 3 aromatic carbocycles. The van der Waals surface area contributed by atoms with Crippen LogP contribution < -0.4 is 4.90 Å². The van der Waals surface area contributed by atoms with Crippen molar-refractivity contribution in [2.45, 2.75) is 23.3 Å². The third-order valence-corrected chi connectivity index (χ3v) is 10.0. The first kappa shape index (κ1) is 28.5. The second-order valence-electron chi connectivity index (χ2n) is 9.16. The van der Waals surface area contributed by atoms with Gasteiger partial charge in [0.2, 0.25) is 0 Å². The van der Waals surface area contributed by atoms with Gasteiger partial charge in [0, 0.05) is 28.3 Å². The molecule has 1 aliphatic rings. The van der Waals surface area contributed by atoms with Crippen LogP contribution in [0.4, 0.5) is 17.1 Å². The van der Waals surface area contributed by atoms with E-state index in [0.29, 0.717) is 56.9 Å². The molecule has 0 aliphatic carbocycles. The van der Waals surface area contributed by atoms with Gasteiger partial charge in [-0.15, -0.1) is 11.3 Å². The van der Waals surface area contributed by atoms with Crippen molar-refractivity contribution in [1.82, 2.24) is 4.98 Å². The molecule has 3 heterocycles. The molecule has 1 aliphatic heterocycles. The molecule has 0 unspecified atom stereocenters. The van der Waals surface area contributed by atoms with Crippen molar-refractivity contribution in [3.63, 3.8) is 0 Å². The monoisotopic (exact) mass is 652 g/mol. The van der Waals surface area contributed by atoms with Crippen LogP contribution in [0, 0.1) is 24.0 Å². The van der Waals surface area contributed by atoms with E-state index in [0.717, 1.165) is 11.1 Å². The number of rotatable bonds is 6. The van der Waals surface area contributed by atoms with Gasteiger partial charge < -0.3 is 4.42 Å². The number of carbonyl (C=O) groups excluding carboxylic acids is 1. The zero-order valence-electron chi connectivity index (χ0n) is 21.8. The van der Waals surface area contributed by atoms with E-state index in [2.05, 4.69) is 4.98 Å². The van der Waals surface area contributed by atoms with Gasteiger partial charge in [0.05, 0.1) is 31.4 Å². The third kappa shape index (κ3) is 5.83. The van der Waals surface area contributed by atoms with E-state index in [-0.39, 0.29) is 11.6 Å². The minimum atomic E-state index is -0.429. The van der Waals surface area contributed by atoms with Crippen molar-refractivity contribution in [3.05, 3.63) is 109 Å². The van der Waals surface area contributed by atoms with Crippen LogP contribution in [-0.2, 0) is 4.79 Å². The maximum absolute atomic E-state index is 13.7. The van der Waals surface area contributed by atoms with E-state index in [1.165, 1.54) is 51.9 Å². The first-order valence-electron chi connectivity index (χ1n) is 12.3. The Labute approximate surface area is 262 Å². The number of nitro groups is 1. The summed E-state index contributed by atoms with van der Waals surface area (Å²) in [7, 11) is 0. The molecule has 210 valence electrons. The van der Waals surface area contributed by atoms with Crippen LogP contribution in [0.15, 0.2) is 90.5 Å². The number of benzene rings is 3. The Hall–Kier alpha value is -3.61. The maximum Gasteiger partial charge on any atom is 0.271 e. The highest BCUT2D eigenvalue weighted by atomic mass is 35.5. The Morgan fingerprint density at radius 3 is 2.52 bits per heavy atom. The molecule has 0 N–H and O–H groups in total. The van der Waals surface area contributed by atoms with Crippen LogP contribution in [-0.4, -0.2) is 21.0 Å². The maximum atomic E-state index is 13.7. The van der Waals surface area contributed by atoms with Gasteiger partial charge >= 0.3 is 0 Å². The molecule has 0 atom stereocenters. The van der Waals surface area contributed by atoms with Gasteiger partial charge in [0.25, 0.3) is 11.6 Å². The van der Waals surface area contributed by atoms with Crippen molar-refractivity contribution >= 4 is 102 Å². The number of hydrogen-bond acceptors (Lipinski definition) is 9. The van der Waals surface area contributed by atoms with Crippen LogP contribution in [0.5, 0.6) is 0 Å². The number of anilines is 1. The Kier molecular flexibility index (Phi) is 7.86. The molecule has 2 aromatic heterocycles. The normalized spacial score (nSPS) is 15.4. The molecule has 5 aromatic rings. The van der Waals surface area contributed by atoms with Gasteiger partial charge in [-0.05, 0) is 91.0 Å². The quantitative estimate of drug-likeness (QED) is 0.102. The predicted molar refractivity (Wildman–Crippen MR) is 172 cm³/mol. The number of non-ortho nitro benzene ring substituents is 1. The van der Waals surface area contributed by atoms with Crippen molar-refractivity contribution in [2.75, 3.05) is 4.90 Å². The number of nitrogens with zero attached hydrogens (tertiary/aromatic N) is 4. The summed E-state index contributed by atoms with van der Waals surface area (Å²) < 4.78 is 7.39. The number of amides is 1. The number of fused-ring (bicyclic) bond motifs is 1. The summed E-state index contributed by atoms with van der Waals surface area (Å²) in [5.41, 5.74) is 3.72. The van der Waals surface area contributed by atoms with Gasteiger partial charge in [0.15, 0.2) is 14.6 Å². The fourth-order valence-corrected chi connectivity index (χ4v) is 7.32. The number of amidine groups is 1. The highest BCUT2D eigenvalue weighted by Gasteiger charge is 2.35. The first-order chi connectivity index (χ1) is 20.1. The van der Waals surface area contributed by atoms with Gasteiger partial charge in [-0.25, -0.2) is 9.98 Å². The summed E-state index contributed by atoms with van der Waals surface area (Å²) in [6.45, 7) is 3.80. The minimum Gasteiger partial charge on any atom is -0.450 e. The lowest BCUT2D eigenvalue weighted by atomic mass is 10.2. The van der Waals surface area contributed by atoms with Crippen molar-refractivity contribution in [2.24, 2.45) is 4.99 Å². The average molecular weight is 654 g/mol. The smallest absolute Gasteiger partial charge is 0.271 e. The van der Waals surface area contributed by atoms with Gasteiger partial charge in [-0.1, -0.05) is 35.3 Å². The summed E-state index contributed by atoms with van der Waals surface area (Å²) >= 11 is 16.6. The number of thioether (sulfide) groups is 1. The summed E-state index contributed by atoms with van der Waals surface area (Å²) in [5.74, 6) is 0.210. The van der Waals surface area contributed by atoms with E-state index >= 15 is 0 Å². The molecule has 6 rings (SSSR count). The fraction of sp³-hybridized carbons (Fsp3) is 0.0690. The largest absolute Gasteiger partial charge is 0.450 e. The Bertz CT molecular complexity index is 1970. The van der Waals surface area contributed by atoms with Crippen LogP contribution in [0.3, 0.4) is 0 Å². The number of aromatic nitrogens is 1. The van der Waals surface area contributed by atoms with Crippen LogP contribution in [0.2, 0.25) is 10.0 Å². The minimum absolute atomic E-state index is 0.0173. The first-order valence-corrected chi connectivity index (χ1v) is 15.5. The fourth-order valence-electron chi connectivity index (χ4n) is 3.99. The SMILES string of the molecule is Cc1ccc(N=C2S/C(=C\c3ccc(Sc4nc5ccc([N+](=O)[O-])cc5s4)o3)C(=O)N2c2ccc(C)c(Cl)c2)cc1Cl. The second-order valence-corrected chi connectivity index (χ2v) is 13.3. The highest BCUT2D eigenvalue weighted by molar-refractivity contribution is 8.19. The van der Waals surface area contributed by atoms with E-state index in [1.54, 1.807) is 36.4 Å². The molecule has 1 fully saturated rings. The lowest BCUT2D eigenvalue weighted by Crippen LogP contribution is -2.28. The highest BCUT2D eigenvalue weighted by Crippen LogP contribution is 2.40. The Balaban J connectivity index is 1.29. The number of furan rings is 1. The summed E-state index contributed by atoms with van der Waals surface area (Å²) in [4.78, 5) is 35.6. The molecule has 8 nitrogen and oxygen atoms in total. The molecule has 0 radical (unpaired) electrons. The van der Waals surface area contributed by atoms with Crippen LogP contribution in [0.25, 0.3) is 16.3 Å². The number of halogens is 2. The predicted octanol–water partition coefficient (Wildman–Crippen LogP) is 9.68. The zero-order chi connectivity index (χ0) is 29.5. The summed E-state index contributed by atoms with van der Waals surface area (Å²) in [6, 6.07) is 19.0. The van der Waals surface area contributed by atoms with E-state index in [4.69, 9.17) is 32.6 Å². The van der Waals surface area contributed by atoms with Gasteiger partial charge in [0.1, 0.15) is 5.76 Å². The average Bonchev–Trinajstić information content (AvgIpc) is 3.65. The molecule has 1 amide bonds. The molecule has 0 bridgehead atoms. The second kappa shape index (κ2) is 11.6. The molecular formula is C29H18Cl2N4O4S3. The standard InChI is InChI=1S/C29H18Cl2N4O4S3/c1-15-3-5-17(11-21(15)30)32-28-34(18-6-4-16(2)22(31)12-18)27(36)25(40-28)14-20-8-10-26(39-20)42-29-33-23-9-7-19(35(37)38)13-24(23)41-29/h3-14H,1-2H3/b25-14-,32-28?. The number of nitro benzene ring substituents is 1. The lowest BCUT2D eigenvalue weighted by molar-refractivity contribution is -0.384. The molecule has 0 spiro atoms. The Morgan fingerprint density at radius 2 is 1.79 bits per heavy atom. The number of thiazole rings is 1. The van der Waals surface area contributed by atoms with Crippen LogP contribution >= 0.6 is 58.1 Å². The molecular weight excluding hydrogens is 635 g/mol. The zero-order valence-corrected chi connectivity index (χ0v) is 25.8. The number of aryl methyl sites for hydroxylation is 2. The lowest BCUT2D eigenvalue weighted by Gasteiger charge is -2.16. The van der Waals surface area contributed by atoms with E-state index in [9.17, 15) is 14.9 Å². The molecule has 0 saturated carbocycles. The van der Waals surface area contributed by atoms with Crippen LogP contribution in [0.1, 0.15) is 16.9 Å². The topological polar surface area (TPSA) is 102 Å². The third-order valence-electron chi connectivity index (χ3n) is 6.23. The number of aliphatic imine (C=N–C) groups is 1.